The highest BCUT2D eigenvalue weighted by molar-refractivity contribution is 5.30. The third kappa shape index (κ3) is 3.06. The Labute approximate surface area is 108 Å². The van der Waals surface area contributed by atoms with Crippen molar-refractivity contribution < 1.29 is 5.11 Å². The van der Waals surface area contributed by atoms with Crippen LogP contribution in [0.4, 0.5) is 0 Å². The molecule has 96 valence electrons. The SMILES string of the molecule is N#Cc1ncccc1CNCC1CCCC1CO. The smallest absolute Gasteiger partial charge is 0.144 e. The highest BCUT2D eigenvalue weighted by Gasteiger charge is 2.25. The van der Waals surface area contributed by atoms with Crippen LogP contribution in [0, 0.1) is 23.2 Å². The fourth-order valence-electron chi connectivity index (χ4n) is 2.70. The number of pyridine rings is 1. The molecule has 2 unspecified atom stereocenters. The van der Waals surface area contributed by atoms with Crippen LogP contribution in [-0.4, -0.2) is 23.2 Å². The van der Waals surface area contributed by atoms with Crippen molar-refractivity contribution in [1.82, 2.24) is 10.3 Å². The number of aliphatic hydroxyl groups excluding tert-OH is 1. The summed E-state index contributed by atoms with van der Waals surface area (Å²) in [5.41, 5.74) is 1.44. The highest BCUT2D eigenvalue weighted by Crippen LogP contribution is 2.30. The van der Waals surface area contributed by atoms with Crippen molar-refractivity contribution in [2.45, 2.75) is 25.8 Å². The van der Waals surface area contributed by atoms with Crippen LogP contribution >= 0.6 is 0 Å². The maximum atomic E-state index is 9.25. The first-order valence-corrected chi connectivity index (χ1v) is 6.50. The molecule has 1 saturated carbocycles. The molecular weight excluding hydrogens is 226 g/mol. The number of nitriles is 1. The zero-order valence-corrected chi connectivity index (χ0v) is 10.5. The Hall–Kier alpha value is -1.44. The van der Waals surface area contributed by atoms with Crippen molar-refractivity contribution in [3.05, 3.63) is 29.6 Å². The molecule has 0 aliphatic heterocycles. The molecule has 1 aliphatic carbocycles. The lowest BCUT2D eigenvalue weighted by atomic mass is 9.97. The van der Waals surface area contributed by atoms with E-state index < -0.39 is 0 Å². The molecule has 0 radical (unpaired) electrons. The van der Waals surface area contributed by atoms with Gasteiger partial charge in [0.05, 0.1) is 0 Å². The average Bonchev–Trinajstić information content (AvgIpc) is 2.87. The van der Waals surface area contributed by atoms with Crippen molar-refractivity contribution >= 4 is 0 Å². The van der Waals surface area contributed by atoms with Gasteiger partial charge < -0.3 is 10.4 Å². The number of rotatable bonds is 5. The molecule has 0 saturated heterocycles. The van der Waals surface area contributed by atoms with Crippen LogP contribution < -0.4 is 5.32 Å². The van der Waals surface area contributed by atoms with E-state index in [-0.39, 0.29) is 0 Å². The molecule has 2 N–H and O–H groups in total. The Morgan fingerprint density at radius 3 is 3.06 bits per heavy atom. The van der Waals surface area contributed by atoms with Gasteiger partial charge in [0.15, 0.2) is 0 Å². The molecule has 1 aliphatic rings. The van der Waals surface area contributed by atoms with Crippen molar-refractivity contribution in [2.24, 2.45) is 11.8 Å². The first kappa shape index (κ1) is 13.0. The number of hydrogen-bond donors (Lipinski definition) is 2. The van der Waals surface area contributed by atoms with E-state index in [4.69, 9.17) is 5.26 Å². The summed E-state index contributed by atoms with van der Waals surface area (Å²) in [5.74, 6) is 1.01. The second-order valence-corrected chi connectivity index (χ2v) is 4.89. The van der Waals surface area contributed by atoms with Gasteiger partial charge in [0.25, 0.3) is 0 Å². The van der Waals surface area contributed by atoms with E-state index in [1.54, 1.807) is 6.20 Å². The van der Waals surface area contributed by atoms with Crippen LogP contribution in [0.15, 0.2) is 18.3 Å². The van der Waals surface area contributed by atoms with Gasteiger partial charge in [-0.2, -0.15) is 5.26 Å². The fourth-order valence-corrected chi connectivity index (χ4v) is 2.70. The quantitative estimate of drug-likeness (QED) is 0.824. The normalized spacial score (nSPS) is 22.9. The van der Waals surface area contributed by atoms with Gasteiger partial charge in [-0.25, -0.2) is 4.98 Å². The molecule has 0 bridgehead atoms. The van der Waals surface area contributed by atoms with E-state index in [0.29, 0.717) is 30.7 Å². The van der Waals surface area contributed by atoms with Gasteiger partial charge in [0.2, 0.25) is 0 Å². The molecule has 1 aromatic heterocycles. The van der Waals surface area contributed by atoms with Crippen molar-refractivity contribution in [2.75, 3.05) is 13.2 Å². The minimum Gasteiger partial charge on any atom is -0.396 e. The summed E-state index contributed by atoms with van der Waals surface area (Å²) in [6.07, 6.45) is 5.18. The Morgan fingerprint density at radius 1 is 1.44 bits per heavy atom. The van der Waals surface area contributed by atoms with Gasteiger partial charge in [-0.3, -0.25) is 0 Å². The lowest BCUT2D eigenvalue weighted by Crippen LogP contribution is -2.26. The first-order valence-electron chi connectivity index (χ1n) is 6.50. The monoisotopic (exact) mass is 245 g/mol. The highest BCUT2D eigenvalue weighted by atomic mass is 16.3. The Bertz CT molecular complexity index is 427. The summed E-state index contributed by atoms with van der Waals surface area (Å²) < 4.78 is 0. The zero-order valence-electron chi connectivity index (χ0n) is 10.5. The van der Waals surface area contributed by atoms with Gasteiger partial charge in [-0.15, -0.1) is 0 Å². The largest absolute Gasteiger partial charge is 0.396 e. The zero-order chi connectivity index (χ0) is 12.8. The van der Waals surface area contributed by atoms with Crippen molar-refractivity contribution in [1.29, 1.82) is 5.26 Å². The Kier molecular flexibility index (Phi) is 4.68. The summed E-state index contributed by atoms with van der Waals surface area (Å²) in [6, 6.07) is 5.88. The molecule has 2 atom stereocenters. The maximum Gasteiger partial charge on any atom is 0.144 e. The predicted molar refractivity (Wildman–Crippen MR) is 68.6 cm³/mol. The van der Waals surface area contributed by atoms with Gasteiger partial charge in [-0.05, 0) is 37.3 Å². The van der Waals surface area contributed by atoms with Crippen LogP contribution in [0.5, 0.6) is 0 Å². The van der Waals surface area contributed by atoms with Gasteiger partial charge in [0.1, 0.15) is 11.8 Å². The molecular formula is C14H19N3O. The number of nitrogens with one attached hydrogen (secondary N) is 1. The molecule has 1 aromatic rings. The number of hydrogen-bond acceptors (Lipinski definition) is 4. The number of aliphatic hydroxyl groups is 1. The molecule has 0 spiro atoms. The standard InChI is InChI=1S/C14H19N3O/c15-7-14-12(5-2-6-17-14)9-16-8-11-3-1-4-13(11)10-18/h2,5-6,11,13,16,18H,1,3-4,8-10H2. The molecule has 1 heterocycles. The van der Waals surface area contributed by atoms with Gasteiger partial charge in [0, 0.05) is 24.9 Å². The van der Waals surface area contributed by atoms with E-state index in [0.717, 1.165) is 18.5 Å². The number of nitrogens with zero attached hydrogens (tertiary/aromatic N) is 2. The van der Waals surface area contributed by atoms with E-state index in [9.17, 15) is 5.11 Å². The summed E-state index contributed by atoms with van der Waals surface area (Å²) in [5, 5.41) is 21.6. The van der Waals surface area contributed by atoms with Crippen LogP contribution in [0.1, 0.15) is 30.5 Å². The minimum absolute atomic E-state index is 0.294. The van der Waals surface area contributed by atoms with E-state index >= 15 is 0 Å². The summed E-state index contributed by atoms with van der Waals surface area (Å²) in [6.45, 7) is 1.87. The minimum atomic E-state index is 0.294. The second-order valence-electron chi connectivity index (χ2n) is 4.89. The predicted octanol–water partition coefficient (Wildman–Crippen LogP) is 1.45. The van der Waals surface area contributed by atoms with Crippen molar-refractivity contribution in [3.8, 4) is 6.07 Å². The summed E-state index contributed by atoms with van der Waals surface area (Å²) in [4.78, 5) is 4.04. The third-order valence-electron chi connectivity index (χ3n) is 3.77. The van der Waals surface area contributed by atoms with Crippen LogP contribution in [0.2, 0.25) is 0 Å². The van der Waals surface area contributed by atoms with Crippen LogP contribution in [0.25, 0.3) is 0 Å². The van der Waals surface area contributed by atoms with Gasteiger partial charge >= 0.3 is 0 Å². The molecule has 18 heavy (non-hydrogen) atoms. The summed E-state index contributed by atoms with van der Waals surface area (Å²) in [7, 11) is 0. The third-order valence-corrected chi connectivity index (χ3v) is 3.77. The summed E-state index contributed by atoms with van der Waals surface area (Å²) >= 11 is 0. The average molecular weight is 245 g/mol. The molecule has 1 fully saturated rings. The fraction of sp³-hybridized carbons (Fsp3) is 0.571. The van der Waals surface area contributed by atoms with E-state index in [2.05, 4.69) is 16.4 Å². The Morgan fingerprint density at radius 2 is 2.28 bits per heavy atom. The topological polar surface area (TPSA) is 68.9 Å². The molecule has 4 nitrogen and oxygen atoms in total. The maximum absolute atomic E-state index is 9.25. The lowest BCUT2D eigenvalue weighted by Gasteiger charge is -2.17. The molecule has 0 aromatic carbocycles. The molecule has 2 rings (SSSR count). The van der Waals surface area contributed by atoms with E-state index in [1.165, 1.54) is 12.8 Å². The van der Waals surface area contributed by atoms with Gasteiger partial charge in [-0.1, -0.05) is 12.5 Å². The second kappa shape index (κ2) is 6.48. The molecule has 4 heteroatoms. The van der Waals surface area contributed by atoms with Crippen LogP contribution in [-0.2, 0) is 6.54 Å². The lowest BCUT2D eigenvalue weighted by molar-refractivity contribution is 0.192. The molecule has 0 amide bonds. The number of aromatic nitrogens is 1. The van der Waals surface area contributed by atoms with Crippen LogP contribution in [0.3, 0.4) is 0 Å². The van der Waals surface area contributed by atoms with Crippen molar-refractivity contribution in [3.63, 3.8) is 0 Å². The van der Waals surface area contributed by atoms with E-state index in [1.807, 2.05) is 12.1 Å². The first-order chi connectivity index (χ1) is 8.85. The Balaban J connectivity index is 1.83.